The summed E-state index contributed by atoms with van der Waals surface area (Å²) in [6.07, 6.45) is 1.96. The minimum absolute atomic E-state index is 0.341. The lowest BCUT2D eigenvalue weighted by Gasteiger charge is -2.14. The largest absolute Gasteiger partial charge is 0.490 e. The van der Waals surface area contributed by atoms with Gasteiger partial charge in [0.2, 0.25) is 0 Å². The third-order valence-corrected chi connectivity index (χ3v) is 3.35. The van der Waals surface area contributed by atoms with E-state index in [4.69, 9.17) is 21.1 Å². The van der Waals surface area contributed by atoms with Crippen molar-refractivity contribution in [3.05, 3.63) is 41.7 Å². The molecule has 0 atom stereocenters. The molecule has 0 aliphatic carbocycles. The first kappa shape index (κ1) is 15.7. The summed E-state index contributed by atoms with van der Waals surface area (Å²) in [5.74, 6) is 1.81. The number of hydrogen-bond donors (Lipinski definition) is 0. The van der Waals surface area contributed by atoms with E-state index < -0.39 is 0 Å². The number of rotatable bonds is 7. The van der Waals surface area contributed by atoms with E-state index in [9.17, 15) is 0 Å². The zero-order chi connectivity index (χ0) is 15.2. The van der Waals surface area contributed by atoms with Crippen molar-refractivity contribution in [2.45, 2.75) is 39.3 Å². The predicted molar refractivity (Wildman–Crippen MR) is 84.1 cm³/mol. The van der Waals surface area contributed by atoms with Crippen LogP contribution < -0.4 is 9.47 Å². The van der Waals surface area contributed by atoms with Crippen molar-refractivity contribution in [1.82, 2.24) is 9.78 Å². The van der Waals surface area contributed by atoms with Gasteiger partial charge in [0.05, 0.1) is 18.2 Å². The molecule has 0 aliphatic rings. The Morgan fingerprint density at radius 3 is 2.67 bits per heavy atom. The third kappa shape index (κ3) is 3.91. The maximum atomic E-state index is 5.98. The molecule has 2 aromatic rings. The zero-order valence-electron chi connectivity index (χ0n) is 12.7. The number of aromatic nitrogens is 2. The Labute approximate surface area is 130 Å². The summed E-state index contributed by atoms with van der Waals surface area (Å²) in [5.41, 5.74) is 1.81. The fraction of sp³-hybridized carbons (Fsp3) is 0.438. The van der Waals surface area contributed by atoms with Crippen LogP contribution in [0.15, 0.2) is 30.5 Å². The number of hydrogen-bond acceptors (Lipinski definition) is 3. The molecule has 0 fully saturated rings. The first-order valence-electron chi connectivity index (χ1n) is 7.13. The van der Waals surface area contributed by atoms with Crippen LogP contribution in [0.25, 0.3) is 0 Å². The molecule has 114 valence electrons. The van der Waals surface area contributed by atoms with Crippen LogP contribution in [-0.4, -0.2) is 16.4 Å². The molecular formula is C16H21ClN2O2. The van der Waals surface area contributed by atoms with Crippen LogP contribution in [0.5, 0.6) is 11.5 Å². The Kier molecular flexibility index (Phi) is 5.51. The van der Waals surface area contributed by atoms with E-state index in [1.807, 2.05) is 42.1 Å². The lowest BCUT2D eigenvalue weighted by Crippen LogP contribution is -2.05. The summed E-state index contributed by atoms with van der Waals surface area (Å²) in [4.78, 5) is 0. The summed E-state index contributed by atoms with van der Waals surface area (Å²) in [6.45, 7) is 7.11. The Morgan fingerprint density at radius 2 is 2.05 bits per heavy atom. The van der Waals surface area contributed by atoms with Gasteiger partial charge in [-0.1, -0.05) is 12.1 Å². The van der Waals surface area contributed by atoms with E-state index in [-0.39, 0.29) is 0 Å². The molecule has 0 saturated heterocycles. The molecule has 5 heteroatoms. The molecule has 1 aromatic carbocycles. The average molecular weight is 309 g/mol. The highest BCUT2D eigenvalue weighted by atomic mass is 35.5. The molecule has 0 N–H and O–H groups in total. The van der Waals surface area contributed by atoms with Crippen LogP contribution in [-0.2, 0) is 12.5 Å². The molecular weight excluding hydrogens is 288 g/mol. The molecule has 2 rings (SSSR count). The van der Waals surface area contributed by atoms with Gasteiger partial charge in [-0.2, -0.15) is 5.10 Å². The fourth-order valence-corrected chi connectivity index (χ4v) is 2.20. The first-order valence-corrected chi connectivity index (χ1v) is 7.66. The van der Waals surface area contributed by atoms with E-state index in [1.165, 1.54) is 0 Å². The summed E-state index contributed by atoms with van der Waals surface area (Å²) < 4.78 is 13.4. The topological polar surface area (TPSA) is 36.3 Å². The maximum Gasteiger partial charge on any atom is 0.166 e. The lowest BCUT2D eigenvalue weighted by atomic mass is 10.2. The minimum Gasteiger partial charge on any atom is -0.490 e. The zero-order valence-corrected chi connectivity index (χ0v) is 13.4. The molecule has 0 bridgehead atoms. The summed E-state index contributed by atoms with van der Waals surface area (Å²) in [6, 6.07) is 8.05. The van der Waals surface area contributed by atoms with Crippen molar-refractivity contribution in [1.29, 1.82) is 0 Å². The minimum atomic E-state index is 0.341. The van der Waals surface area contributed by atoms with Crippen LogP contribution in [0.2, 0.25) is 0 Å². The maximum absolute atomic E-state index is 5.98. The molecule has 0 unspecified atom stereocenters. The molecule has 0 saturated carbocycles. The van der Waals surface area contributed by atoms with Crippen molar-refractivity contribution < 1.29 is 9.47 Å². The Balaban J connectivity index is 2.14. The third-order valence-electron chi connectivity index (χ3n) is 3.06. The molecule has 0 spiro atoms. The van der Waals surface area contributed by atoms with Crippen LogP contribution in [0.3, 0.4) is 0 Å². The Bertz CT molecular complexity index is 581. The molecule has 1 aromatic heterocycles. The average Bonchev–Trinajstić information content (AvgIpc) is 2.95. The molecule has 1 heterocycles. The van der Waals surface area contributed by atoms with Crippen molar-refractivity contribution in [2.75, 3.05) is 6.61 Å². The monoisotopic (exact) mass is 308 g/mol. The SMILES string of the molecule is CCOc1cccc(CCl)c1OCc1ccn(C(C)C)n1. The number of ether oxygens (including phenoxy) is 2. The van der Waals surface area contributed by atoms with E-state index in [0.717, 1.165) is 17.0 Å². The normalized spacial score (nSPS) is 10.9. The van der Waals surface area contributed by atoms with Crippen LogP contribution >= 0.6 is 11.6 Å². The Morgan fingerprint density at radius 1 is 1.24 bits per heavy atom. The summed E-state index contributed by atoms with van der Waals surface area (Å²) >= 11 is 5.98. The predicted octanol–water partition coefficient (Wildman–Crippen LogP) is 4.18. The highest BCUT2D eigenvalue weighted by molar-refractivity contribution is 6.17. The second-order valence-electron chi connectivity index (χ2n) is 4.98. The fourth-order valence-electron chi connectivity index (χ4n) is 1.99. The second-order valence-corrected chi connectivity index (χ2v) is 5.25. The lowest BCUT2D eigenvalue weighted by molar-refractivity contribution is 0.263. The van der Waals surface area contributed by atoms with Gasteiger partial charge in [-0.15, -0.1) is 11.6 Å². The van der Waals surface area contributed by atoms with E-state index in [0.29, 0.717) is 30.9 Å². The van der Waals surface area contributed by atoms with Crippen LogP contribution in [0.1, 0.15) is 38.1 Å². The van der Waals surface area contributed by atoms with Crippen LogP contribution in [0.4, 0.5) is 0 Å². The van der Waals surface area contributed by atoms with Gasteiger partial charge in [0.25, 0.3) is 0 Å². The van der Waals surface area contributed by atoms with Crippen molar-refractivity contribution >= 4 is 11.6 Å². The van der Waals surface area contributed by atoms with Crippen molar-refractivity contribution in [2.24, 2.45) is 0 Å². The van der Waals surface area contributed by atoms with Crippen molar-refractivity contribution in [3.8, 4) is 11.5 Å². The van der Waals surface area contributed by atoms with Gasteiger partial charge in [-0.25, -0.2) is 0 Å². The quantitative estimate of drug-likeness (QED) is 0.720. The molecule has 21 heavy (non-hydrogen) atoms. The van der Waals surface area contributed by atoms with Gasteiger partial charge >= 0.3 is 0 Å². The van der Waals surface area contributed by atoms with Gasteiger partial charge in [-0.05, 0) is 32.9 Å². The smallest absolute Gasteiger partial charge is 0.166 e. The molecule has 0 amide bonds. The van der Waals surface area contributed by atoms with Crippen molar-refractivity contribution in [3.63, 3.8) is 0 Å². The van der Waals surface area contributed by atoms with Crippen LogP contribution in [0, 0.1) is 0 Å². The standard InChI is InChI=1S/C16H21ClN2O2/c1-4-20-15-7-5-6-13(10-17)16(15)21-11-14-8-9-19(18-14)12(2)3/h5-9,12H,4,10-11H2,1-3H3. The van der Waals surface area contributed by atoms with E-state index >= 15 is 0 Å². The summed E-state index contributed by atoms with van der Waals surface area (Å²) in [7, 11) is 0. The number of benzene rings is 1. The van der Waals surface area contributed by atoms with Gasteiger partial charge in [-0.3, -0.25) is 4.68 Å². The number of halogens is 1. The number of alkyl halides is 1. The number of nitrogens with zero attached hydrogens (tertiary/aromatic N) is 2. The van der Waals surface area contributed by atoms with Gasteiger partial charge < -0.3 is 9.47 Å². The molecule has 0 radical (unpaired) electrons. The summed E-state index contributed by atoms with van der Waals surface area (Å²) in [5, 5.41) is 4.47. The second kappa shape index (κ2) is 7.36. The first-order chi connectivity index (χ1) is 10.2. The molecule has 0 aliphatic heterocycles. The van der Waals surface area contributed by atoms with Gasteiger partial charge in [0.15, 0.2) is 11.5 Å². The number of para-hydroxylation sites is 1. The molecule has 4 nitrogen and oxygen atoms in total. The van der Waals surface area contributed by atoms with Gasteiger partial charge in [0, 0.05) is 17.8 Å². The van der Waals surface area contributed by atoms with Gasteiger partial charge in [0.1, 0.15) is 6.61 Å². The van der Waals surface area contributed by atoms with E-state index in [1.54, 1.807) is 0 Å². The highest BCUT2D eigenvalue weighted by Crippen LogP contribution is 2.33. The van der Waals surface area contributed by atoms with E-state index in [2.05, 4.69) is 18.9 Å². The highest BCUT2D eigenvalue weighted by Gasteiger charge is 2.11. The Hall–Kier alpha value is -1.68.